The van der Waals surface area contributed by atoms with Crippen LogP contribution in [0.1, 0.15) is 27.2 Å². The quantitative estimate of drug-likeness (QED) is 0.461. The van der Waals surface area contributed by atoms with E-state index in [0.29, 0.717) is 13.0 Å². The van der Waals surface area contributed by atoms with Gasteiger partial charge < -0.3 is 4.74 Å². The zero-order valence-corrected chi connectivity index (χ0v) is 7.72. The van der Waals surface area contributed by atoms with E-state index in [2.05, 4.69) is 0 Å². The number of carbonyl (C=O) groups excluding carboxylic acids is 2. The Morgan fingerprint density at radius 1 is 1.67 bits per heavy atom. The predicted octanol–water partition coefficient (Wildman–Crippen LogP) is 1.16. The van der Waals surface area contributed by atoms with Gasteiger partial charge in [0.1, 0.15) is 11.7 Å². The highest BCUT2D eigenvalue weighted by molar-refractivity contribution is 6.05. The van der Waals surface area contributed by atoms with Crippen LogP contribution in [0.15, 0.2) is 0 Å². The lowest BCUT2D eigenvalue weighted by Crippen LogP contribution is -2.49. The van der Waals surface area contributed by atoms with Crippen molar-refractivity contribution in [2.75, 3.05) is 6.61 Å². The molecule has 3 heteroatoms. The van der Waals surface area contributed by atoms with Crippen molar-refractivity contribution in [1.29, 1.82) is 0 Å². The van der Waals surface area contributed by atoms with E-state index in [1.165, 1.54) is 0 Å². The van der Waals surface area contributed by atoms with Gasteiger partial charge in [-0.25, -0.2) is 0 Å². The average molecular weight is 170 g/mol. The van der Waals surface area contributed by atoms with Crippen LogP contribution in [0, 0.1) is 11.3 Å². The first-order valence-electron chi connectivity index (χ1n) is 4.18. The molecule has 0 spiro atoms. The van der Waals surface area contributed by atoms with Gasteiger partial charge in [0.25, 0.3) is 0 Å². The fraction of sp³-hybridized carbons (Fsp3) is 0.778. The normalized spacial score (nSPS) is 26.2. The van der Waals surface area contributed by atoms with E-state index in [9.17, 15) is 9.59 Å². The lowest BCUT2D eigenvalue weighted by molar-refractivity contribution is -0.165. The van der Waals surface area contributed by atoms with Gasteiger partial charge in [0.2, 0.25) is 0 Å². The maximum atomic E-state index is 11.2. The highest BCUT2D eigenvalue weighted by Gasteiger charge is 2.51. The summed E-state index contributed by atoms with van der Waals surface area (Å²) in [5.41, 5.74) is -0.191. The van der Waals surface area contributed by atoms with Gasteiger partial charge in [-0.3, -0.25) is 9.59 Å². The SMILES string of the molecule is CCOC(=O)[C@H]1C(=O)CC1(C)C. The Kier molecular flexibility index (Phi) is 2.22. The Balaban J connectivity index is 2.62. The second-order valence-electron chi connectivity index (χ2n) is 3.82. The van der Waals surface area contributed by atoms with Crippen molar-refractivity contribution in [2.45, 2.75) is 27.2 Å². The molecular weight excluding hydrogens is 156 g/mol. The molecule has 0 amide bonds. The first-order chi connectivity index (χ1) is 5.49. The molecule has 68 valence electrons. The van der Waals surface area contributed by atoms with Crippen molar-refractivity contribution in [2.24, 2.45) is 11.3 Å². The van der Waals surface area contributed by atoms with E-state index in [4.69, 9.17) is 4.74 Å². The highest BCUT2D eigenvalue weighted by atomic mass is 16.5. The van der Waals surface area contributed by atoms with E-state index in [1.54, 1.807) is 6.92 Å². The Bertz CT molecular complexity index is 218. The van der Waals surface area contributed by atoms with Crippen molar-refractivity contribution in [1.82, 2.24) is 0 Å². The maximum Gasteiger partial charge on any atom is 0.317 e. The molecule has 12 heavy (non-hydrogen) atoms. The first kappa shape index (κ1) is 9.23. The molecule has 0 N–H and O–H groups in total. The zero-order valence-electron chi connectivity index (χ0n) is 7.72. The van der Waals surface area contributed by atoms with Crippen LogP contribution in [0.5, 0.6) is 0 Å². The summed E-state index contributed by atoms with van der Waals surface area (Å²) in [6, 6.07) is 0. The molecule has 1 rings (SSSR count). The third-order valence-electron chi connectivity index (χ3n) is 2.26. The Morgan fingerprint density at radius 2 is 2.25 bits per heavy atom. The molecule has 0 saturated heterocycles. The summed E-state index contributed by atoms with van der Waals surface area (Å²) in [5, 5.41) is 0. The molecule has 0 aromatic carbocycles. The predicted molar refractivity (Wildman–Crippen MR) is 43.5 cm³/mol. The van der Waals surface area contributed by atoms with E-state index in [0.717, 1.165) is 0 Å². The summed E-state index contributed by atoms with van der Waals surface area (Å²) in [6.07, 6.45) is 0.497. The molecule has 1 fully saturated rings. The Labute approximate surface area is 72.1 Å². The minimum absolute atomic E-state index is 0.0125. The van der Waals surface area contributed by atoms with E-state index >= 15 is 0 Å². The largest absolute Gasteiger partial charge is 0.465 e. The smallest absolute Gasteiger partial charge is 0.317 e. The zero-order chi connectivity index (χ0) is 9.35. The number of hydrogen-bond donors (Lipinski definition) is 0. The molecule has 1 saturated carbocycles. The molecule has 0 aromatic rings. The van der Waals surface area contributed by atoms with Gasteiger partial charge in [0.05, 0.1) is 6.61 Å². The molecule has 3 nitrogen and oxygen atoms in total. The van der Waals surface area contributed by atoms with Gasteiger partial charge in [-0.05, 0) is 12.3 Å². The molecule has 0 bridgehead atoms. The monoisotopic (exact) mass is 170 g/mol. The second-order valence-corrected chi connectivity index (χ2v) is 3.82. The molecule has 0 radical (unpaired) electrons. The average Bonchev–Trinajstić information content (AvgIpc) is 1.84. The third-order valence-corrected chi connectivity index (χ3v) is 2.26. The first-order valence-corrected chi connectivity index (χ1v) is 4.18. The minimum Gasteiger partial charge on any atom is -0.465 e. The van der Waals surface area contributed by atoms with Crippen molar-refractivity contribution >= 4 is 11.8 Å². The summed E-state index contributed by atoms with van der Waals surface area (Å²) in [4.78, 5) is 22.3. The number of esters is 1. The van der Waals surface area contributed by atoms with Crippen molar-refractivity contribution in [3.63, 3.8) is 0 Å². The van der Waals surface area contributed by atoms with Crippen LogP contribution in [0.2, 0.25) is 0 Å². The lowest BCUT2D eigenvalue weighted by atomic mass is 9.61. The summed E-state index contributed by atoms with van der Waals surface area (Å²) in [7, 11) is 0. The number of ether oxygens (including phenoxy) is 1. The minimum atomic E-state index is -0.516. The van der Waals surface area contributed by atoms with Gasteiger partial charge >= 0.3 is 5.97 Å². The summed E-state index contributed by atoms with van der Waals surface area (Å²) < 4.78 is 4.79. The van der Waals surface area contributed by atoms with E-state index < -0.39 is 5.92 Å². The molecule has 1 aliphatic carbocycles. The van der Waals surface area contributed by atoms with Gasteiger partial charge in [0, 0.05) is 6.42 Å². The third kappa shape index (κ3) is 1.36. The molecule has 1 aliphatic rings. The fourth-order valence-electron chi connectivity index (χ4n) is 1.63. The van der Waals surface area contributed by atoms with Crippen LogP contribution in [0.4, 0.5) is 0 Å². The van der Waals surface area contributed by atoms with Gasteiger partial charge in [-0.1, -0.05) is 13.8 Å². The summed E-state index contributed by atoms with van der Waals surface area (Å²) in [6.45, 7) is 5.92. The van der Waals surface area contributed by atoms with Crippen molar-refractivity contribution < 1.29 is 14.3 Å². The molecule has 0 aromatic heterocycles. The topological polar surface area (TPSA) is 43.4 Å². The van der Waals surface area contributed by atoms with E-state index in [1.807, 2.05) is 13.8 Å². The van der Waals surface area contributed by atoms with Crippen LogP contribution in [-0.2, 0) is 14.3 Å². The summed E-state index contributed by atoms with van der Waals surface area (Å²) >= 11 is 0. The Hall–Kier alpha value is -0.860. The molecule has 0 heterocycles. The van der Waals surface area contributed by atoms with Crippen molar-refractivity contribution in [3.8, 4) is 0 Å². The van der Waals surface area contributed by atoms with Gasteiger partial charge in [-0.15, -0.1) is 0 Å². The van der Waals surface area contributed by atoms with Crippen LogP contribution in [-0.4, -0.2) is 18.4 Å². The van der Waals surface area contributed by atoms with Crippen molar-refractivity contribution in [3.05, 3.63) is 0 Å². The number of carbonyl (C=O) groups is 2. The van der Waals surface area contributed by atoms with Gasteiger partial charge in [0.15, 0.2) is 0 Å². The molecule has 1 atom stereocenters. The number of rotatable bonds is 2. The highest BCUT2D eigenvalue weighted by Crippen LogP contribution is 2.43. The second kappa shape index (κ2) is 2.88. The number of ketones is 1. The van der Waals surface area contributed by atoms with Crippen LogP contribution < -0.4 is 0 Å². The molecular formula is C9H14O3. The van der Waals surface area contributed by atoms with Gasteiger partial charge in [-0.2, -0.15) is 0 Å². The summed E-state index contributed by atoms with van der Waals surface area (Å²) in [5.74, 6) is -0.866. The van der Waals surface area contributed by atoms with Crippen LogP contribution in [0.3, 0.4) is 0 Å². The maximum absolute atomic E-state index is 11.2. The van der Waals surface area contributed by atoms with E-state index in [-0.39, 0.29) is 17.2 Å². The molecule has 0 aliphatic heterocycles. The number of hydrogen-bond acceptors (Lipinski definition) is 3. The molecule has 0 unspecified atom stereocenters. The fourth-order valence-corrected chi connectivity index (χ4v) is 1.63. The lowest BCUT2D eigenvalue weighted by Gasteiger charge is -2.40. The Morgan fingerprint density at radius 3 is 2.58 bits per heavy atom. The standard InChI is InChI=1S/C9H14O3/c1-4-12-8(11)7-6(10)5-9(7,2)3/h7H,4-5H2,1-3H3/t7-/m1/s1. The van der Waals surface area contributed by atoms with Crippen LogP contribution >= 0.6 is 0 Å². The number of Topliss-reactive ketones (excluding diaryl/α,β-unsaturated/α-hetero) is 1. The van der Waals surface area contributed by atoms with Crippen LogP contribution in [0.25, 0.3) is 0 Å².